The van der Waals surface area contributed by atoms with Gasteiger partial charge < -0.3 is 5.21 Å². The van der Waals surface area contributed by atoms with E-state index in [4.69, 9.17) is 5.21 Å². The van der Waals surface area contributed by atoms with Gasteiger partial charge in [-0.15, -0.1) is 0 Å². The second-order valence-electron chi connectivity index (χ2n) is 4.05. The summed E-state index contributed by atoms with van der Waals surface area (Å²) in [5, 5.41) is 18.5. The normalized spacial score (nSPS) is 14.1. The van der Waals surface area contributed by atoms with Gasteiger partial charge in [-0.2, -0.15) is 5.23 Å². The van der Waals surface area contributed by atoms with Crippen LogP contribution in [0.2, 0.25) is 0 Å². The molecule has 1 unspecified atom stereocenters. The molecule has 0 aliphatic carbocycles. The van der Waals surface area contributed by atoms with Gasteiger partial charge in [0.2, 0.25) is 5.00 Å². The molecule has 1 aromatic heterocycles. The van der Waals surface area contributed by atoms with Crippen molar-refractivity contribution in [2.75, 3.05) is 0 Å². The standard InChI is InChI=1S/C9H13NO3S/c1-9(2,3)8(11)6-4-5-7(14-6)10(12)13/h4-5,10,12H,1-3H3. The number of thiophene rings is 1. The molecule has 5 heteroatoms. The van der Waals surface area contributed by atoms with E-state index in [0.29, 0.717) is 4.88 Å². The predicted octanol–water partition coefficient (Wildman–Crippen LogP) is 1.38. The van der Waals surface area contributed by atoms with Crippen LogP contribution in [-0.2, 0) is 0 Å². The summed E-state index contributed by atoms with van der Waals surface area (Å²) in [4.78, 5) is 12.2. The maximum atomic E-state index is 11.7. The smallest absolute Gasteiger partial charge is 0.220 e. The average Bonchev–Trinajstić information content (AvgIpc) is 2.48. The van der Waals surface area contributed by atoms with Crippen LogP contribution in [0.3, 0.4) is 0 Å². The zero-order valence-corrected chi connectivity index (χ0v) is 9.14. The van der Waals surface area contributed by atoms with E-state index in [0.717, 1.165) is 11.3 Å². The summed E-state index contributed by atoms with van der Waals surface area (Å²) in [6.45, 7) is 5.44. The molecule has 14 heavy (non-hydrogen) atoms. The van der Waals surface area contributed by atoms with Crippen LogP contribution in [0.5, 0.6) is 0 Å². The third-order valence-corrected chi connectivity index (χ3v) is 2.79. The van der Waals surface area contributed by atoms with Crippen molar-refractivity contribution in [3.05, 3.63) is 22.2 Å². The molecule has 1 rings (SSSR count). The van der Waals surface area contributed by atoms with Crippen LogP contribution in [0, 0.1) is 10.6 Å². The quantitative estimate of drug-likeness (QED) is 0.578. The van der Waals surface area contributed by atoms with Gasteiger partial charge in [-0.25, -0.2) is 5.21 Å². The highest BCUT2D eigenvalue weighted by Gasteiger charge is 2.25. The number of nitrogens with one attached hydrogen (secondary N) is 1. The second kappa shape index (κ2) is 3.78. The van der Waals surface area contributed by atoms with E-state index in [9.17, 15) is 10.0 Å². The number of rotatable bonds is 2. The van der Waals surface area contributed by atoms with Crippen LogP contribution in [0.15, 0.2) is 12.1 Å². The highest BCUT2D eigenvalue weighted by molar-refractivity contribution is 7.17. The van der Waals surface area contributed by atoms with Gasteiger partial charge in [0, 0.05) is 11.5 Å². The summed E-state index contributed by atoms with van der Waals surface area (Å²) in [6.07, 6.45) is 0. The summed E-state index contributed by atoms with van der Waals surface area (Å²) in [6, 6.07) is 3.04. The molecule has 0 saturated carbocycles. The Kier molecular flexibility index (Phi) is 3.06. The lowest BCUT2D eigenvalue weighted by molar-refractivity contribution is -0.989. The first kappa shape index (κ1) is 11.3. The summed E-state index contributed by atoms with van der Waals surface area (Å²) >= 11 is 1.03. The molecule has 1 atom stereocenters. The number of carbonyl (C=O) groups is 1. The van der Waals surface area contributed by atoms with Crippen molar-refractivity contribution in [1.82, 2.24) is 0 Å². The Hall–Kier alpha value is -0.750. The van der Waals surface area contributed by atoms with Crippen molar-refractivity contribution in [2.24, 2.45) is 5.41 Å². The van der Waals surface area contributed by atoms with Gasteiger partial charge in [0.15, 0.2) is 5.78 Å². The summed E-state index contributed by atoms with van der Waals surface area (Å²) in [7, 11) is 0. The second-order valence-corrected chi connectivity index (χ2v) is 5.13. The molecule has 0 spiro atoms. The minimum Gasteiger partial charge on any atom is -0.594 e. The van der Waals surface area contributed by atoms with E-state index in [1.165, 1.54) is 6.07 Å². The molecule has 0 aliphatic rings. The first-order valence-electron chi connectivity index (χ1n) is 4.20. The van der Waals surface area contributed by atoms with Crippen LogP contribution in [0.4, 0.5) is 5.00 Å². The van der Waals surface area contributed by atoms with Crippen molar-refractivity contribution in [3.63, 3.8) is 0 Å². The Bertz CT molecular complexity index is 338. The molecule has 0 saturated heterocycles. The summed E-state index contributed by atoms with van der Waals surface area (Å²) in [5.41, 5.74) is -0.458. The van der Waals surface area contributed by atoms with E-state index >= 15 is 0 Å². The minimum absolute atomic E-state index is 0.0185. The van der Waals surface area contributed by atoms with Gasteiger partial charge in [0.25, 0.3) is 0 Å². The molecule has 0 aliphatic heterocycles. The van der Waals surface area contributed by atoms with E-state index in [1.807, 2.05) is 20.8 Å². The van der Waals surface area contributed by atoms with E-state index in [-0.39, 0.29) is 10.8 Å². The van der Waals surface area contributed by atoms with Gasteiger partial charge in [-0.1, -0.05) is 32.1 Å². The summed E-state index contributed by atoms with van der Waals surface area (Å²) < 4.78 is 0. The van der Waals surface area contributed by atoms with Crippen molar-refractivity contribution in [3.8, 4) is 0 Å². The average molecular weight is 215 g/mol. The largest absolute Gasteiger partial charge is 0.594 e. The SMILES string of the molecule is CC(C)(C)C(=O)c1ccc([NH+]([O-])O)s1. The molecule has 0 bridgehead atoms. The number of ketones is 1. The predicted molar refractivity (Wildman–Crippen MR) is 53.9 cm³/mol. The molecule has 0 amide bonds. The Labute approximate surface area is 86.3 Å². The number of carbonyl (C=O) groups excluding carboxylic acids is 1. The maximum Gasteiger partial charge on any atom is 0.220 e. The fourth-order valence-corrected chi connectivity index (χ4v) is 1.94. The monoisotopic (exact) mass is 215 g/mol. The van der Waals surface area contributed by atoms with E-state index in [2.05, 4.69) is 0 Å². The number of hydrogen-bond acceptors (Lipinski definition) is 4. The first-order valence-corrected chi connectivity index (χ1v) is 5.02. The fourth-order valence-electron chi connectivity index (χ4n) is 0.944. The van der Waals surface area contributed by atoms with Crippen LogP contribution < -0.4 is 5.23 Å². The lowest BCUT2D eigenvalue weighted by Crippen LogP contribution is -2.98. The first-order chi connectivity index (χ1) is 6.32. The molecule has 1 heterocycles. The van der Waals surface area contributed by atoms with Gasteiger partial charge in [-0.3, -0.25) is 4.79 Å². The molecule has 2 N–H and O–H groups in total. The molecule has 0 fully saturated rings. The number of hydrogen-bond donors (Lipinski definition) is 2. The fraction of sp³-hybridized carbons (Fsp3) is 0.444. The van der Waals surface area contributed by atoms with Crippen molar-refractivity contribution < 1.29 is 15.2 Å². The van der Waals surface area contributed by atoms with Crippen molar-refractivity contribution in [2.45, 2.75) is 20.8 Å². The topological polar surface area (TPSA) is 64.8 Å². The number of quaternary nitrogens is 1. The van der Waals surface area contributed by atoms with Gasteiger partial charge in [-0.05, 0) is 6.07 Å². The Morgan fingerprint density at radius 1 is 1.50 bits per heavy atom. The van der Waals surface area contributed by atoms with Crippen molar-refractivity contribution in [1.29, 1.82) is 0 Å². The molecular weight excluding hydrogens is 202 g/mol. The highest BCUT2D eigenvalue weighted by atomic mass is 32.1. The molecule has 4 nitrogen and oxygen atoms in total. The Morgan fingerprint density at radius 3 is 2.43 bits per heavy atom. The lowest BCUT2D eigenvalue weighted by atomic mass is 9.90. The minimum atomic E-state index is -0.983. The van der Waals surface area contributed by atoms with Crippen LogP contribution in [0.1, 0.15) is 30.4 Å². The highest BCUT2D eigenvalue weighted by Crippen LogP contribution is 2.26. The zero-order chi connectivity index (χ0) is 10.9. The maximum absolute atomic E-state index is 11.7. The van der Waals surface area contributed by atoms with Gasteiger partial charge in [0.05, 0.1) is 4.88 Å². The van der Waals surface area contributed by atoms with Crippen LogP contribution >= 0.6 is 11.3 Å². The third kappa shape index (κ3) is 2.39. The van der Waals surface area contributed by atoms with Gasteiger partial charge >= 0.3 is 0 Å². The van der Waals surface area contributed by atoms with Crippen molar-refractivity contribution >= 4 is 22.1 Å². The molecule has 1 aromatic rings. The molecule has 0 aromatic carbocycles. The Balaban J connectivity index is 2.93. The molecular formula is C9H13NO3S. The molecule has 78 valence electrons. The zero-order valence-electron chi connectivity index (χ0n) is 8.33. The van der Waals surface area contributed by atoms with E-state index < -0.39 is 10.6 Å². The third-order valence-electron chi connectivity index (χ3n) is 1.72. The lowest BCUT2D eigenvalue weighted by Gasteiger charge is -2.14. The van der Waals surface area contributed by atoms with Crippen LogP contribution in [-0.4, -0.2) is 11.0 Å². The van der Waals surface area contributed by atoms with Crippen LogP contribution in [0.25, 0.3) is 0 Å². The van der Waals surface area contributed by atoms with Gasteiger partial charge in [0.1, 0.15) is 0 Å². The molecule has 0 radical (unpaired) electrons. The summed E-state index contributed by atoms with van der Waals surface area (Å²) in [5.74, 6) is -0.0185. The number of Topliss-reactive ketones (excluding diaryl/α,β-unsaturated/α-hetero) is 1. The van der Waals surface area contributed by atoms with E-state index in [1.54, 1.807) is 6.07 Å². The Morgan fingerprint density at radius 2 is 2.07 bits per heavy atom.